The molecule has 8 heteroatoms. The molecule has 0 spiro atoms. The van der Waals surface area contributed by atoms with Crippen LogP contribution in [0.1, 0.15) is 44.3 Å². The fourth-order valence-electron chi connectivity index (χ4n) is 3.81. The van der Waals surface area contributed by atoms with Crippen LogP contribution >= 0.6 is 0 Å². The molecule has 1 unspecified atom stereocenters. The Morgan fingerprint density at radius 1 is 1.33 bits per heavy atom. The lowest BCUT2D eigenvalue weighted by Gasteiger charge is -2.25. The maximum atomic E-state index is 13.1. The van der Waals surface area contributed by atoms with Crippen LogP contribution in [0.2, 0.25) is 0 Å². The third kappa shape index (κ3) is 4.74. The molecule has 1 N–H and O–H groups in total. The first-order valence-corrected chi connectivity index (χ1v) is 10.3. The van der Waals surface area contributed by atoms with E-state index in [2.05, 4.69) is 26.1 Å². The number of hydrogen-bond donors (Lipinski definition) is 1. The van der Waals surface area contributed by atoms with Crippen molar-refractivity contribution >= 4 is 16.8 Å². The summed E-state index contributed by atoms with van der Waals surface area (Å²) in [6, 6.07) is 7.17. The van der Waals surface area contributed by atoms with Crippen LogP contribution in [0.5, 0.6) is 0 Å². The van der Waals surface area contributed by atoms with Gasteiger partial charge in [0, 0.05) is 38.8 Å². The Labute approximate surface area is 174 Å². The first kappa shape index (κ1) is 20.2. The summed E-state index contributed by atoms with van der Waals surface area (Å²) in [5.74, 6) is 3.04. The van der Waals surface area contributed by atoms with E-state index in [4.69, 9.17) is 11.2 Å². The Balaban J connectivity index is 1.47. The van der Waals surface area contributed by atoms with Gasteiger partial charge in [0.15, 0.2) is 5.66 Å². The smallest absolute Gasteiger partial charge is 0.258 e. The predicted octanol–water partition coefficient (Wildman–Crippen LogP) is 2.79. The molecule has 4 rings (SSSR count). The Hall–Kier alpha value is -3.05. The first-order chi connectivity index (χ1) is 14.6. The molecule has 0 saturated carbocycles. The zero-order chi connectivity index (χ0) is 21.0. The van der Waals surface area contributed by atoms with E-state index in [9.17, 15) is 9.59 Å². The highest BCUT2D eigenvalue weighted by Gasteiger charge is 2.39. The minimum Gasteiger partial charge on any atom is -0.376 e. The summed E-state index contributed by atoms with van der Waals surface area (Å²) in [6.07, 6.45) is 9.36. The van der Waals surface area contributed by atoms with Crippen molar-refractivity contribution in [2.45, 2.75) is 56.8 Å². The summed E-state index contributed by atoms with van der Waals surface area (Å²) < 4.78 is 5.73. The van der Waals surface area contributed by atoms with Gasteiger partial charge in [-0.15, -0.1) is 12.3 Å². The van der Waals surface area contributed by atoms with Crippen LogP contribution in [-0.4, -0.2) is 45.7 Å². The zero-order valence-corrected chi connectivity index (χ0v) is 16.8. The third-order valence-electron chi connectivity index (χ3n) is 5.60. The van der Waals surface area contributed by atoms with Crippen LogP contribution in [0.25, 0.3) is 10.9 Å². The van der Waals surface area contributed by atoms with Crippen LogP contribution < -0.4 is 5.56 Å². The summed E-state index contributed by atoms with van der Waals surface area (Å²) in [5, 5.41) is 8.75. The van der Waals surface area contributed by atoms with Gasteiger partial charge in [-0.25, -0.2) is 4.98 Å². The number of nitrogens with one attached hydrogen (secondary N) is 1. The number of ether oxygens (including phenoxy) is 1. The molecule has 0 bridgehead atoms. The van der Waals surface area contributed by atoms with E-state index in [1.54, 1.807) is 23.1 Å². The summed E-state index contributed by atoms with van der Waals surface area (Å²) in [7, 11) is 0. The number of nitrogens with zero attached hydrogens (tertiary/aromatic N) is 4. The number of carbonyl (C=O) groups excluding carboxylic acids is 1. The molecule has 3 heterocycles. The molecular formula is C22H25N5O3. The minimum atomic E-state index is -0.493. The Morgan fingerprint density at radius 3 is 2.90 bits per heavy atom. The monoisotopic (exact) mass is 407 g/mol. The average molecular weight is 407 g/mol. The maximum absolute atomic E-state index is 13.1. The second kappa shape index (κ2) is 8.76. The predicted molar refractivity (Wildman–Crippen MR) is 112 cm³/mol. The second-order valence-corrected chi connectivity index (χ2v) is 7.83. The van der Waals surface area contributed by atoms with E-state index >= 15 is 0 Å². The van der Waals surface area contributed by atoms with Crippen molar-refractivity contribution in [1.82, 2.24) is 14.9 Å². The van der Waals surface area contributed by atoms with Gasteiger partial charge in [-0.2, -0.15) is 10.2 Å². The fourth-order valence-corrected chi connectivity index (χ4v) is 3.81. The minimum absolute atomic E-state index is 0.00632. The lowest BCUT2D eigenvalue weighted by molar-refractivity contribution is -0.133. The number of rotatable bonds is 9. The summed E-state index contributed by atoms with van der Waals surface area (Å²) in [4.78, 5) is 34.5. The Kier molecular flexibility index (Phi) is 5.91. The van der Waals surface area contributed by atoms with Gasteiger partial charge in [-0.3, -0.25) is 9.59 Å². The molecule has 1 aromatic heterocycles. The number of amides is 1. The largest absolute Gasteiger partial charge is 0.376 e. The van der Waals surface area contributed by atoms with Gasteiger partial charge in [0.25, 0.3) is 5.56 Å². The second-order valence-electron chi connectivity index (χ2n) is 7.83. The van der Waals surface area contributed by atoms with E-state index in [0.29, 0.717) is 55.6 Å². The number of aromatic nitrogens is 2. The van der Waals surface area contributed by atoms with Gasteiger partial charge in [0.05, 0.1) is 23.6 Å². The van der Waals surface area contributed by atoms with Crippen LogP contribution in [0, 0.1) is 12.3 Å². The summed E-state index contributed by atoms with van der Waals surface area (Å²) in [5.41, 5.74) is -0.0823. The van der Waals surface area contributed by atoms with E-state index in [0.717, 1.165) is 12.8 Å². The fraction of sp³-hybridized carbons (Fsp3) is 0.500. The number of aromatic amines is 1. The lowest BCUT2D eigenvalue weighted by atomic mass is 10.0. The van der Waals surface area contributed by atoms with Crippen molar-refractivity contribution < 1.29 is 9.53 Å². The standard InChI is InChI=1S/C22H25N5O3/c1-2-3-11-22(25-26-22)12-10-20(28)27(14-16-7-6-13-30-16)15-19-23-18-9-5-4-8-17(18)21(29)24-19/h1,4-5,8-9,16H,3,6-7,10-15H2,(H,23,24,29). The summed E-state index contributed by atoms with van der Waals surface area (Å²) in [6.45, 7) is 1.41. The topological polar surface area (TPSA) is 100 Å². The lowest BCUT2D eigenvalue weighted by Crippen LogP contribution is -2.38. The Morgan fingerprint density at radius 2 is 2.17 bits per heavy atom. The number of H-pyrrole nitrogens is 1. The molecule has 0 aliphatic carbocycles. The van der Waals surface area contributed by atoms with E-state index in [1.165, 1.54) is 0 Å². The molecule has 1 fully saturated rings. The molecule has 156 valence electrons. The SMILES string of the molecule is C#CCCC1(CCC(=O)N(Cc2nc3ccccc3c(=O)[nH]2)CC2CCCO2)N=N1. The Bertz CT molecular complexity index is 1040. The van der Waals surface area contributed by atoms with Gasteiger partial charge in [-0.1, -0.05) is 12.1 Å². The number of para-hydroxylation sites is 1. The number of benzene rings is 1. The van der Waals surface area contributed by atoms with Gasteiger partial charge in [0.2, 0.25) is 5.91 Å². The summed E-state index contributed by atoms with van der Waals surface area (Å²) >= 11 is 0. The number of hydrogen-bond acceptors (Lipinski definition) is 6. The highest BCUT2D eigenvalue weighted by atomic mass is 16.5. The van der Waals surface area contributed by atoms with E-state index in [1.807, 2.05) is 6.07 Å². The van der Waals surface area contributed by atoms with Gasteiger partial charge >= 0.3 is 0 Å². The zero-order valence-electron chi connectivity index (χ0n) is 16.8. The van der Waals surface area contributed by atoms with Gasteiger partial charge in [-0.05, 0) is 25.0 Å². The quantitative estimate of drug-likeness (QED) is 0.646. The van der Waals surface area contributed by atoms with Crippen molar-refractivity contribution in [3.8, 4) is 12.3 Å². The van der Waals surface area contributed by atoms with Gasteiger partial charge < -0.3 is 14.6 Å². The van der Waals surface area contributed by atoms with Crippen LogP contribution in [-0.2, 0) is 16.1 Å². The molecule has 2 aliphatic heterocycles. The molecular weight excluding hydrogens is 382 g/mol. The number of terminal acetylenes is 1. The third-order valence-corrected chi connectivity index (χ3v) is 5.60. The maximum Gasteiger partial charge on any atom is 0.258 e. The molecule has 1 amide bonds. The molecule has 1 aromatic carbocycles. The molecule has 2 aliphatic rings. The molecule has 0 radical (unpaired) electrons. The average Bonchev–Trinajstić information content (AvgIpc) is 3.34. The van der Waals surface area contributed by atoms with Crippen LogP contribution in [0.15, 0.2) is 39.3 Å². The van der Waals surface area contributed by atoms with E-state index in [-0.39, 0.29) is 24.1 Å². The molecule has 1 atom stereocenters. The van der Waals surface area contributed by atoms with Crippen LogP contribution in [0.3, 0.4) is 0 Å². The van der Waals surface area contributed by atoms with E-state index < -0.39 is 5.66 Å². The number of carbonyl (C=O) groups is 1. The highest BCUT2D eigenvalue weighted by molar-refractivity contribution is 5.78. The molecule has 30 heavy (non-hydrogen) atoms. The van der Waals surface area contributed by atoms with Crippen molar-refractivity contribution in [3.05, 3.63) is 40.4 Å². The van der Waals surface area contributed by atoms with Crippen molar-refractivity contribution in [2.75, 3.05) is 13.2 Å². The van der Waals surface area contributed by atoms with Crippen molar-refractivity contribution in [1.29, 1.82) is 0 Å². The molecule has 8 nitrogen and oxygen atoms in total. The van der Waals surface area contributed by atoms with Crippen molar-refractivity contribution in [3.63, 3.8) is 0 Å². The van der Waals surface area contributed by atoms with Crippen LogP contribution in [0.4, 0.5) is 0 Å². The number of fused-ring (bicyclic) bond motifs is 1. The highest BCUT2D eigenvalue weighted by Crippen LogP contribution is 2.37. The van der Waals surface area contributed by atoms with Gasteiger partial charge in [0.1, 0.15) is 5.82 Å². The normalized spacial score (nSPS) is 19.0. The van der Waals surface area contributed by atoms with Crippen molar-refractivity contribution in [2.24, 2.45) is 10.2 Å². The molecule has 2 aromatic rings. The molecule has 1 saturated heterocycles. The first-order valence-electron chi connectivity index (χ1n) is 10.3.